The van der Waals surface area contributed by atoms with Crippen molar-refractivity contribution >= 4 is 11.9 Å². The van der Waals surface area contributed by atoms with Crippen molar-refractivity contribution in [1.82, 2.24) is 5.16 Å². The van der Waals surface area contributed by atoms with E-state index in [4.69, 9.17) is 10.9 Å². The maximum absolute atomic E-state index is 11.1. The van der Waals surface area contributed by atoms with Crippen molar-refractivity contribution in [3.8, 4) is 12.3 Å². The Balaban J connectivity index is 2.60. The third-order valence-electron chi connectivity index (χ3n) is 1.77. The summed E-state index contributed by atoms with van der Waals surface area (Å²) in [7, 11) is 0. The fraction of sp³-hybridized carbons (Fsp3) is 0.455. The minimum Gasteiger partial charge on any atom is -0.436 e. The standard InChI is InChI=1S/C11H14N2O3/c1-5-6-15-10(14)12-9-7-8(16-13-9)11(2,3)4/h1,7H,6H2,2-4H3,(H,12,13,14). The van der Waals surface area contributed by atoms with Crippen molar-refractivity contribution < 1.29 is 14.1 Å². The molecule has 1 heterocycles. The number of carbonyl (C=O) groups is 1. The van der Waals surface area contributed by atoms with Crippen LogP contribution >= 0.6 is 0 Å². The molecule has 0 atom stereocenters. The van der Waals surface area contributed by atoms with Gasteiger partial charge >= 0.3 is 6.09 Å². The number of hydrogen-bond acceptors (Lipinski definition) is 4. The number of terminal acetylenes is 1. The Hall–Kier alpha value is -1.96. The van der Waals surface area contributed by atoms with Crippen LogP contribution in [0.15, 0.2) is 10.6 Å². The zero-order valence-electron chi connectivity index (χ0n) is 9.53. The van der Waals surface area contributed by atoms with E-state index >= 15 is 0 Å². The number of aromatic nitrogens is 1. The van der Waals surface area contributed by atoms with Gasteiger partial charge < -0.3 is 9.26 Å². The molecule has 0 aliphatic heterocycles. The fourth-order valence-electron chi connectivity index (χ4n) is 0.935. The molecule has 0 saturated carbocycles. The van der Waals surface area contributed by atoms with Crippen LogP contribution in [0, 0.1) is 12.3 Å². The molecule has 0 saturated heterocycles. The first kappa shape index (κ1) is 12.1. The van der Waals surface area contributed by atoms with Gasteiger partial charge in [0, 0.05) is 11.5 Å². The molecule has 5 heteroatoms. The first-order chi connectivity index (χ1) is 7.43. The summed E-state index contributed by atoms with van der Waals surface area (Å²) in [6, 6.07) is 1.65. The van der Waals surface area contributed by atoms with Gasteiger partial charge in [-0.15, -0.1) is 6.42 Å². The van der Waals surface area contributed by atoms with Gasteiger partial charge in [0.15, 0.2) is 12.4 Å². The zero-order chi connectivity index (χ0) is 12.2. The molecular formula is C11H14N2O3. The lowest BCUT2D eigenvalue weighted by Crippen LogP contribution is -2.14. The van der Waals surface area contributed by atoms with Gasteiger partial charge in [0.05, 0.1) is 0 Å². The summed E-state index contributed by atoms with van der Waals surface area (Å²) in [4.78, 5) is 11.1. The van der Waals surface area contributed by atoms with E-state index in [0.29, 0.717) is 11.6 Å². The van der Waals surface area contributed by atoms with Crippen molar-refractivity contribution in [2.24, 2.45) is 0 Å². The average molecular weight is 222 g/mol. The molecule has 0 spiro atoms. The van der Waals surface area contributed by atoms with Crippen LogP contribution in [0.2, 0.25) is 0 Å². The number of carbonyl (C=O) groups excluding carboxylic acids is 1. The van der Waals surface area contributed by atoms with E-state index in [1.165, 1.54) is 0 Å². The van der Waals surface area contributed by atoms with Crippen LogP contribution < -0.4 is 5.32 Å². The van der Waals surface area contributed by atoms with Crippen molar-refractivity contribution in [2.45, 2.75) is 26.2 Å². The van der Waals surface area contributed by atoms with Crippen molar-refractivity contribution in [3.05, 3.63) is 11.8 Å². The lowest BCUT2D eigenvalue weighted by molar-refractivity contribution is 0.175. The summed E-state index contributed by atoms with van der Waals surface area (Å²) in [6.45, 7) is 5.87. The van der Waals surface area contributed by atoms with Crippen molar-refractivity contribution in [2.75, 3.05) is 11.9 Å². The summed E-state index contributed by atoms with van der Waals surface area (Å²) < 4.78 is 9.70. The molecule has 0 aromatic carbocycles. The molecule has 16 heavy (non-hydrogen) atoms. The zero-order valence-corrected chi connectivity index (χ0v) is 9.53. The molecule has 86 valence electrons. The van der Waals surface area contributed by atoms with Crippen LogP contribution in [0.5, 0.6) is 0 Å². The number of amides is 1. The number of nitrogens with one attached hydrogen (secondary N) is 1. The molecule has 0 aliphatic rings. The molecule has 1 amide bonds. The van der Waals surface area contributed by atoms with Gasteiger partial charge in [0.1, 0.15) is 5.76 Å². The lowest BCUT2D eigenvalue weighted by atomic mass is 9.93. The maximum Gasteiger partial charge on any atom is 0.413 e. The first-order valence-corrected chi connectivity index (χ1v) is 4.78. The summed E-state index contributed by atoms with van der Waals surface area (Å²) in [5, 5.41) is 6.10. The van der Waals surface area contributed by atoms with Crippen LogP contribution in [0.3, 0.4) is 0 Å². The second-order valence-corrected chi connectivity index (χ2v) is 4.23. The van der Waals surface area contributed by atoms with E-state index in [1.54, 1.807) is 6.07 Å². The van der Waals surface area contributed by atoms with E-state index in [1.807, 2.05) is 20.8 Å². The van der Waals surface area contributed by atoms with Gasteiger partial charge in [0.2, 0.25) is 0 Å². The second-order valence-electron chi connectivity index (χ2n) is 4.23. The number of rotatable bonds is 2. The Morgan fingerprint density at radius 2 is 2.38 bits per heavy atom. The maximum atomic E-state index is 11.1. The topological polar surface area (TPSA) is 64.4 Å². The molecule has 0 unspecified atom stereocenters. The molecule has 0 fully saturated rings. The highest BCUT2D eigenvalue weighted by molar-refractivity contribution is 5.83. The summed E-state index contributed by atoms with van der Waals surface area (Å²) >= 11 is 0. The third-order valence-corrected chi connectivity index (χ3v) is 1.77. The van der Waals surface area contributed by atoms with Crippen LogP contribution in [0.4, 0.5) is 10.6 Å². The first-order valence-electron chi connectivity index (χ1n) is 4.78. The van der Waals surface area contributed by atoms with Gasteiger partial charge in [-0.2, -0.15) is 0 Å². The second kappa shape index (κ2) is 4.71. The van der Waals surface area contributed by atoms with E-state index in [2.05, 4.69) is 21.1 Å². The van der Waals surface area contributed by atoms with Crippen molar-refractivity contribution in [1.29, 1.82) is 0 Å². The Morgan fingerprint density at radius 3 is 2.88 bits per heavy atom. The highest BCUT2D eigenvalue weighted by atomic mass is 16.5. The molecule has 5 nitrogen and oxygen atoms in total. The number of ether oxygens (including phenoxy) is 1. The molecule has 0 radical (unpaired) electrons. The summed E-state index contributed by atoms with van der Waals surface area (Å²) in [5.41, 5.74) is -0.157. The minimum absolute atomic E-state index is 0.0736. The molecule has 1 aromatic rings. The average Bonchev–Trinajstić information content (AvgIpc) is 2.62. The van der Waals surface area contributed by atoms with Crippen molar-refractivity contribution in [3.63, 3.8) is 0 Å². The highest BCUT2D eigenvalue weighted by Crippen LogP contribution is 2.24. The lowest BCUT2D eigenvalue weighted by Gasteiger charge is -2.11. The Bertz CT molecular complexity index is 410. The SMILES string of the molecule is C#CCOC(=O)Nc1cc(C(C)(C)C)on1. The monoisotopic (exact) mass is 222 g/mol. The fourth-order valence-corrected chi connectivity index (χ4v) is 0.935. The molecule has 1 rings (SSSR count). The van der Waals surface area contributed by atoms with Gasteiger partial charge in [-0.05, 0) is 0 Å². The molecule has 1 N–H and O–H groups in total. The number of hydrogen-bond donors (Lipinski definition) is 1. The smallest absolute Gasteiger partial charge is 0.413 e. The van der Waals surface area contributed by atoms with Crippen LogP contribution in [-0.2, 0) is 10.2 Å². The molecule has 0 bridgehead atoms. The number of anilines is 1. The predicted molar refractivity (Wildman–Crippen MR) is 59.0 cm³/mol. The van der Waals surface area contributed by atoms with Crippen LogP contribution in [0.1, 0.15) is 26.5 Å². The summed E-state index contributed by atoms with van der Waals surface area (Å²) in [6.07, 6.45) is 4.30. The van der Waals surface area contributed by atoms with Gasteiger partial charge in [-0.1, -0.05) is 31.8 Å². The summed E-state index contributed by atoms with van der Waals surface area (Å²) in [5.74, 6) is 3.18. The largest absolute Gasteiger partial charge is 0.436 e. The Labute approximate surface area is 94.1 Å². The van der Waals surface area contributed by atoms with Crippen LogP contribution in [0.25, 0.3) is 0 Å². The highest BCUT2D eigenvalue weighted by Gasteiger charge is 2.20. The van der Waals surface area contributed by atoms with E-state index in [0.717, 1.165) is 0 Å². The molecule has 0 aliphatic carbocycles. The van der Waals surface area contributed by atoms with Crippen LogP contribution in [-0.4, -0.2) is 17.9 Å². The van der Waals surface area contributed by atoms with E-state index in [9.17, 15) is 4.79 Å². The number of nitrogens with zero attached hydrogens (tertiary/aromatic N) is 1. The van der Waals surface area contributed by atoms with Gasteiger partial charge in [-0.3, -0.25) is 5.32 Å². The third kappa shape index (κ3) is 3.31. The quantitative estimate of drug-likeness (QED) is 0.779. The molecule has 1 aromatic heterocycles. The molecular weight excluding hydrogens is 208 g/mol. The Kier molecular flexibility index (Phi) is 3.56. The van der Waals surface area contributed by atoms with E-state index < -0.39 is 6.09 Å². The Morgan fingerprint density at radius 1 is 1.69 bits per heavy atom. The minimum atomic E-state index is -0.647. The predicted octanol–water partition coefficient (Wildman–Crippen LogP) is 2.15. The van der Waals surface area contributed by atoms with Gasteiger partial charge in [-0.25, -0.2) is 4.79 Å². The van der Waals surface area contributed by atoms with Gasteiger partial charge in [0.25, 0.3) is 0 Å². The normalized spacial score (nSPS) is 10.6. The van der Waals surface area contributed by atoms with E-state index in [-0.39, 0.29) is 12.0 Å².